The van der Waals surface area contributed by atoms with Crippen molar-refractivity contribution in [3.8, 4) is 0 Å². The van der Waals surface area contributed by atoms with Gasteiger partial charge in [-0.3, -0.25) is 9.59 Å². The second-order valence-corrected chi connectivity index (χ2v) is 4.35. The van der Waals surface area contributed by atoms with E-state index in [4.69, 9.17) is 9.84 Å². The number of nitrogens with zero attached hydrogens (tertiary/aromatic N) is 1. The molecular weight excluding hydrogens is 277 g/mol. The predicted octanol–water partition coefficient (Wildman–Crippen LogP) is 1.79. The minimum atomic E-state index is -0.965. The van der Waals surface area contributed by atoms with Crippen LogP contribution in [0.5, 0.6) is 0 Å². The number of benzene rings is 1. The molecule has 1 amide bonds. The van der Waals surface area contributed by atoms with Crippen LogP contribution in [0.1, 0.15) is 12.0 Å². The van der Waals surface area contributed by atoms with E-state index in [0.717, 1.165) is 0 Å². The summed E-state index contributed by atoms with van der Waals surface area (Å²) in [7, 11) is 1.51. The van der Waals surface area contributed by atoms with Crippen molar-refractivity contribution in [2.75, 3.05) is 26.8 Å². The van der Waals surface area contributed by atoms with E-state index >= 15 is 0 Å². The zero-order valence-corrected chi connectivity index (χ0v) is 11.8. The van der Waals surface area contributed by atoms with Gasteiger partial charge < -0.3 is 14.7 Å². The Labute approximate surface area is 122 Å². The first-order chi connectivity index (χ1) is 10.0. The molecule has 0 spiro atoms. The molecule has 21 heavy (non-hydrogen) atoms. The quantitative estimate of drug-likeness (QED) is 0.742. The minimum Gasteiger partial charge on any atom is -0.481 e. The number of carbonyl (C=O) groups is 2. The van der Waals surface area contributed by atoms with Gasteiger partial charge in [0.2, 0.25) is 5.91 Å². The molecule has 114 valence electrons. The molecule has 0 saturated heterocycles. The molecule has 0 aliphatic heterocycles. The number of aliphatic carboxylic acids is 1. The van der Waals surface area contributed by atoms with Crippen LogP contribution < -0.4 is 0 Å². The lowest BCUT2D eigenvalue weighted by Gasteiger charge is -2.19. The normalized spacial score (nSPS) is 10.8. The summed E-state index contributed by atoms with van der Waals surface area (Å²) in [5.41, 5.74) is 0.690. The molecule has 0 saturated carbocycles. The van der Waals surface area contributed by atoms with Crippen LogP contribution in [0.25, 0.3) is 6.08 Å². The largest absolute Gasteiger partial charge is 0.481 e. The number of halogens is 1. The van der Waals surface area contributed by atoms with Crippen molar-refractivity contribution in [2.24, 2.45) is 0 Å². The third kappa shape index (κ3) is 6.67. The summed E-state index contributed by atoms with van der Waals surface area (Å²) in [6.45, 7) is 0.761. The Morgan fingerprint density at radius 3 is 2.52 bits per heavy atom. The summed E-state index contributed by atoms with van der Waals surface area (Å²) in [6.07, 6.45) is 2.77. The van der Waals surface area contributed by atoms with E-state index in [-0.39, 0.29) is 24.7 Å². The molecule has 0 aromatic heterocycles. The van der Waals surface area contributed by atoms with Crippen LogP contribution in [0, 0.1) is 5.82 Å². The second kappa shape index (κ2) is 8.86. The van der Waals surface area contributed by atoms with E-state index in [9.17, 15) is 14.0 Å². The Hall–Kier alpha value is -2.21. The molecule has 1 N–H and O–H groups in total. The van der Waals surface area contributed by atoms with Crippen molar-refractivity contribution < 1.29 is 23.8 Å². The molecule has 0 aliphatic rings. The summed E-state index contributed by atoms with van der Waals surface area (Å²) >= 11 is 0. The lowest BCUT2D eigenvalue weighted by molar-refractivity contribution is -0.138. The monoisotopic (exact) mass is 295 g/mol. The Bertz CT molecular complexity index is 499. The van der Waals surface area contributed by atoms with E-state index in [1.807, 2.05) is 0 Å². The number of amides is 1. The number of carboxylic acid groups (broad SMARTS) is 1. The van der Waals surface area contributed by atoms with E-state index in [1.54, 1.807) is 18.2 Å². The number of rotatable bonds is 8. The van der Waals surface area contributed by atoms with E-state index in [0.29, 0.717) is 18.7 Å². The highest BCUT2D eigenvalue weighted by Gasteiger charge is 2.11. The average Bonchev–Trinajstić information content (AvgIpc) is 2.46. The predicted molar refractivity (Wildman–Crippen MR) is 76.1 cm³/mol. The topological polar surface area (TPSA) is 66.8 Å². The van der Waals surface area contributed by atoms with Crippen molar-refractivity contribution in [1.29, 1.82) is 0 Å². The molecular formula is C15H18FNO4. The van der Waals surface area contributed by atoms with Gasteiger partial charge in [0.05, 0.1) is 13.0 Å². The molecule has 0 unspecified atom stereocenters. The van der Waals surface area contributed by atoms with Crippen molar-refractivity contribution in [3.05, 3.63) is 41.7 Å². The number of ether oxygens (including phenoxy) is 1. The standard InChI is InChI=1S/C15H18FNO4/c1-21-11-10-17(9-8-15(19)20)14(18)7-4-12-2-5-13(16)6-3-12/h2-7H,8-11H2,1H3,(H,19,20)/b7-4+. The van der Waals surface area contributed by atoms with Gasteiger partial charge in [-0.15, -0.1) is 0 Å². The first kappa shape index (κ1) is 16.8. The molecule has 5 nitrogen and oxygen atoms in total. The van der Waals surface area contributed by atoms with Crippen molar-refractivity contribution in [3.63, 3.8) is 0 Å². The highest BCUT2D eigenvalue weighted by Crippen LogP contribution is 2.05. The van der Waals surface area contributed by atoms with Crippen LogP contribution in [0.3, 0.4) is 0 Å². The number of hydrogen-bond acceptors (Lipinski definition) is 3. The van der Waals surface area contributed by atoms with Gasteiger partial charge in [0.1, 0.15) is 5.82 Å². The summed E-state index contributed by atoms with van der Waals surface area (Å²) in [6, 6.07) is 5.71. The van der Waals surface area contributed by atoms with Crippen LogP contribution in [0.4, 0.5) is 4.39 Å². The van der Waals surface area contributed by atoms with Crippen molar-refractivity contribution >= 4 is 18.0 Å². The van der Waals surface area contributed by atoms with E-state index in [1.165, 1.54) is 30.2 Å². The number of methoxy groups -OCH3 is 1. The first-order valence-electron chi connectivity index (χ1n) is 6.46. The third-order valence-corrected chi connectivity index (χ3v) is 2.76. The van der Waals surface area contributed by atoms with Crippen LogP contribution in [-0.4, -0.2) is 48.7 Å². The molecule has 6 heteroatoms. The number of carboxylic acids is 1. The van der Waals surface area contributed by atoms with E-state index < -0.39 is 5.97 Å². The number of hydrogen-bond donors (Lipinski definition) is 1. The summed E-state index contributed by atoms with van der Waals surface area (Å²) in [5.74, 6) is -1.62. The SMILES string of the molecule is COCCN(CCC(=O)O)C(=O)/C=C/c1ccc(F)cc1. The fraction of sp³-hybridized carbons (Fsp3) is 0.333. The van der Waals surface area contributed by atoms with Gasteiger partial charge in [-0.25, -0.2) is 4.39 Å². The van der Waals surface area contributed by atoms with Crippen molar-refractivity contribution in [1.82, 2.24) is 4.90 Å². The van der Waals surface area contributed by atoms with Gasteiger partial charge in [-0.1, -0.05) is 12.1 Å². The lowest BCUT2D eigenvalue weighted by atomic mass is 10.2. The van der Waals surface area contributed by atoms with Gasteiger partial charge >= 0.3 is 5.97 Å². The minimum absolute atomic E-state index is 0.116. The van der Waals surface area contributed by atoms with Crippen LogP contribution in [0.15, 0.2) is 30.3 Å². The number of carbonyl (C=O) groups excluding carboxylic acids is 1. The molecule has 1 rings (SSSR count). The summed E-state index contributed by atoms with van der Waals surface area (Å²) < 4.78 is 17.7. The van der Waals surface area contributed by atoms with Crippen LogP contribution in [-0.2, 0) is 14.3 Å². The Balaban J connectivity index is 2.65. The Morgan fingerprint density at radius 2 is 1.95 bits per heavy atom. The van der Waals surface area contributed by atoms with Gasteiger partial charge in [0.15, 0.2) is 0 Å². The molecule has 0 bridgehead atoms. The van der Waals surface area contributed by atoms with Crippen LogP contribution in [0.2, 0.25) is 0 Å². The fourth-order valence-electron chi connectivity index (χ4n) is 1.61. The molecule has 1 aromatic rings. The highest BCUT2D eigenvalue weighted by molar-refractivity contribution is 5.92. The summed E-state index contributed by atoms with van der Waals surface area (Å²) in [4.78, 5) is 24.0. The van der Waals surface area contributed by atoms with Gasteiger partial charge in [0, 0.05) is 26.3 Å². The van der Waals surface area contributed by atoms with E-state index in [2.05, 4.69) is 0 Å². The molecule has 0 radical (unpaired) electrons. The molecule has 0 fully saturated rings. The third-order valence-electron chi connectivity index (χ3n) is 2.76. The summed E-state index contributed by atoms with van der Waals surface area (Å²) in [5, 5.41) is 8.68. The Morgan fingerprint density at radius 1 is 1.29 bits per heavy atom. The zero-order chi connectivity index (χ0) is 15.7. The fourth-order valence-corrected chi connectivity index (χ4v) is 1.61. The zero-order valence-electron chi connectivity index (χ0n) is 11.8. The van der Waals surface area contributed by atoms with Gasteiger partial charge in [-0.2, -0.15) is 0 Å². The molecule has 0 aliphatic carbocycles. The van der Waals surface area contributed by atoms with Gasteiger partial charge in [0.25, 0.3) is 0 Å². The first-order valence-corrected chi connectivity index (χ1v) is 6.46. The highest BCUT2D eigenvalue weighted by atomic mass is 19.1. The second-order valence-electron chi connectivity index (χ2n) is 4.35. The van der Waals surface area contributed by atoms with Gasteiger partial charge in [-0.05, 0) is 23.8 Å². The average molecular weight is 295 g/mol. The maximum absolute atomic E-state index is 12.8. The lowest BCUT2D eigenvalue weighted by Crippen LogP contribution is -2.34. The maximum Gasteiger partial charge on any atom is 0.305 e. The smallest absolute Gasteiger partial charge is 0.305 e. The van der Waals surface area contributed by atoms with Crippen molar-refractivity contribution in [2.45, 2.75) is 6.42 Å². The maximum atomic E-state index is 12.8. The Kier molecular flexibility index (Phi) is 7.11. The molecule has 0 atom stereocenters. The molecule has 1 aromatic carbocycles. The molecule has 0 heterocycles. The van der Waals surface area contributed by atoms with Crippen LogP contribution >= 0.6 is 0 Å².